The van der Waals surface area contributed by atoms with Crippen molar-refractivity contribution in [3.05, 3.63) is 56.4 Å². The third kappa shape index (κ3) is 4.71. The van der Waals surface area contributed by atoms with E-state index >= 15 is 0 Å². The molecule has 130 valence electrons. The van der Waals surface area contributed by atoms with Gasteiger partial charge in [-0.05, 0) is 78.4 Å². The molecule has 0 radical (unpaired) electrons. The van der Waals surface area contributed by atoms with Crippen LogP contribution in [0, 0.1) is 28.7 Å². The molecule has 0 aliphatic rings. The molecule has 5 nitrogen and oxygen atoms in total. The number of carbonyl (C=O) groups excluding carboxylic acids is 1. The minimum atomic E-state index is -0.640. The van der Waals surface area contributed by atoms with Gasteiger partial charge in [0.25, 0.3) is 0 Å². The Kier molecular flexibility index (Phi) is 6.79. The van der Waals surface area contributed by atoms with E-state index < -0.39 is 5.97 Å². The SMILES string of the molecule is COCCOC(=O)C(C#N)=Cc1cc(C)n(-c2ccc(I)cc2)c1C. The molecule has 6 heteroatoms. The molecule has 1 heterocycles. The molecule has 0 atom stereocenters. The summed E-state index contributed by atoms with van der Waals surface area (Å²) in [5, 5.41) is 9.27. The fourth-order valence-electron chi connectivity index (χ4n) is 2.51. The summed E-state index contributed by atoms with van der Waals surface area (Å²) in [7, 11) is 1.52. The standard InChI is InChI=1S/C19H19IN2O3/c1-13-10-15(11-16(12-21)19(23)25-9-8-24-3)14(2)22(13)18-6-4-17(20)5-7-18/h4-7,10-11H,8-9H2,1-3H3. The summed E-state index contributed by atoms with van der Waals surface area (Å²) in [5.74, 6) is -0.640. The van der Waals surface area contributed by atoms with E-state index in [4.69, 9.17) is 9.47 Å². The van der Waals surface area contributed by atoms with Crippen molar-refractivity contribution in [3.8, 4) is 11.8 Å². The van der Waals surface area contributed by atoms with Crippen LogP contribution in [0.1, 0.15) is 17.0 Å². The predicted octanol–water partition coefficient (Wildman–Crippen LogP) is 3.80. The first-order valence-electron chi connectivity index (χ1n) is 7.70. The summed E-state index contributed by atoms with van der Waals surface area (Å²) in [6.45, 7) is 4.37. The van der Waals surface area contributed by atoms with Gasteiger partial charge in [0.2, 0.25) is 0 Å². The van der Waals surface area contributed by atoms with Crippen LogP contribution in [0.5, 0.6) is 0 Å². The quantitative estimate of drug-likeness (QED) is 0.221. The van der Waals surface area contributed by atoms with E-state index in [1.807, 2.05) is 50.2 Å². The van der Waals surface area contributed by atoms with E-state index in [0.717, 1.165) is 26.2 Å². The summed E-state index contributed by atoms with van der Waals surface area (Å²) in [5.41, 5.74) is 3.80. The Bertz CT molecular complexity index is 830. The zero-order valence-electron chi connectivity index (χ0n) is 14.4. The van der Waals surface area contributed by atoms with Crippen molar-refractivity contribution >= 4 is 34.6 Å². The lowest BCUT2D eigenvalue weighted by Gasteiger charge is -2.09. The molecule has 0 saturated carbocycles. The molecule has 2 aromatic rings. The van der Waals surface area contributed by atoms with Crippen LogP contribution in [0.25, 0.3) is 11.8 Å². The highest BCUT2D eigenvalue weighted by molar-refractivity contribution is 14.1. The van der Waals surface area contributed by atoms with Gasteiger partial charge in [-0.2, -0.15) is 5.26 Å². The number of esters is 1. The fourth-order valence-corrected chi connectivity index (χ4v) is 2.87. The number of nitrogens with zero attached hydrogens (tertiary/aromatic N) is 2. The van der Waals surface area contributed by atoms with Crippen LogP contribution in [0.3, 0.4) is 0 Å². The number of aryl methyl sites for hydroxylation is 1. The summed E-state index contributed by atoms with van der Waals surface area (Å²) >= 11 is 2.27. The molecule has 25 heavy (non-hydrogen) atoms. The largest absolute Gasteiger partial charge is 0.459 e. The Balaban J connectivity index is 2.33. The number of rotatable bonds is 6. The summed E-state index contributed by atoms with van der Waals surface area (Å²) in [6.07, 6.45) is 1.57. The molecule has 0 saturated heterocycles. The molecule has 0 unspecified atom stereocenters. The molecular weight excluding hydrogens is 431 g/mol. The molecule has 2 rings (SSSR count). The van der Waals surface area contributed by atoms with Gasteiger partial charge >= 0.3 is 5.97 Å². The molecule has 0 aliphatic carbocycles. The molecule has 0 spiro atoms. The second kappa shape index (κ2) is 8.83. The van der Waals surface area contributed by atoms with Crippen molar-refractivity contribution in [1.82, 2.24) is 4.57 Å². The van der Waals surface area contributed by atoms with Gasteiger partial charge in [0.1, 0.15) is 18.2 Å². The number of carbonyl (C=O) groups is 1. The van der Waals surface area contributed by atoms with Crippen LogP contribution in [0.15, 0.2) is 35.9 Å². The van der Waals surface area contributed by atoms with Crippen molar-refractivity contribution in [2.45, 2.75) is 13.8 Å². The molecule has 0 bridgehead atoms. The number of hydrogen-bond donors (Lipinski definition) is 0. The van der Waals surface area contributed by atoms with Crippen LogP contribution in [-0.2, 0) is 14.3 Å². The van der Waals surface area contributed by atoms with Crippen LogP contribution in [0.2, 0.25) is 0 Å². The molecule has 1 aromatic heterocycles. The van der Waals surface area contributed by atoms with E-state index in [0.29, 0.717) is 6.61 Å². The Labute approximate surface area is 161 Å². The van der Waals surface area contributed by atoms with E-state index in [-0.39, 0.29) is 12.2 Å². The first-order chi connectivity index (χ1) is 12.0. The Morgan fingerprint density at radius 3 is 2.56 bits per heavy atom. The summed E-state index contributed by atoms with van der Waals surface area (Å²) in [6, 6.07) is 12.0. The second-order valence-electron chi connectivity index (χ2n) is 5.44. The van der Waals surface area contributed by atoms with Gasteiger partial charge in [0, 0.05) is 27.8 Å². The maximum absolute atomic E-state index is 12.0. The number of nitriles is 1. The smallest absolute Gasteiger partial charge is 0.348 e. The highest BCUT2D eigenvalue weighted by atomic mass is 127. The van der Waals surface area contributed by atoms with E-state index in [9.17, 15) is 10.1 Å². The van der Waals surface area contributed by atoms with E-state index in [2.05, 4.69) is 27.2 Å². The van der Waals surface area contributed by atoms with Gasteiger partial charge in [-0.25, -0.2) is 4.79 Å². The normalized spacial score (nSPS) is 11.2. The molecule has 0 fully saturated rings. The Morgan fingerprint density at radius 2 is 1.96 bits per heavy atom. The topological polar surface area (TPSA) is 64.2 Å². The number of benzene rings is 1. The number of ether oxygens (including phenoxy) is 2. The van der Waals surface area contributed by atoms with E-state index in [1.165, 1.54) is 7.11 Å². The second-order valence-corrected chi connectivity index (χ2v) is 6.68. The van der Waals surface area contributed by atoms with Crippen LogP contribution < -0.4 is 0 Å². The minimum absolute atomic E-state index is 0.0287. The monoisotopic (exact) mass is 450 g/mol. The molecule has 0 amide bonds. The first-order valence-corrected chi connectivity index (χ1v) is 8.78. The number of aromatic nitrogens is 1. The van der Waals surface area contributed by atoms with Gasteiger partial charge in [0.15, 0.2) is 0 Å². The molecule has 0 N–H and O–H groups in total. The average Bonchev–Trinajstić information content (AvgIpc) is 2.87. The maximum Gasteiger partial charge on any atom is 0.348 e. The summed E-state index contributed by atoms with van der Waals surface area (Å²) in [4.78, 5) is 12.0. The van der Waals surface area contributed by atoms with Crippen molar-refractivity contribution in [1.29, 1.82) is 5.26 Å². The molecule has 1 aromatic carbocycles. The highest BCUT2D eigenvalue weighted by Gasteiger charge is 2.14. The first kappa shape index (κ1) is 19.2. The Hall–Kier alpha value is -2.11. The lowest BCUT2D eigenvalue weighted by Crippen LogP contribution is -2.11. The van der Waals surface area contributed by atoms with Crippen LogP contribution in [0.4, 0.5) is 0 Å². The Morgan fingerprint density at radius 1 is 1.28 bits per heavy atom. The van der Waals surface area contributed by atoms with Crippen molar-refractivity contribution < 1.29 is 14.3 Å². The molecule has 0 aliphatic heterocycles. The van der Waals surface area contributed by atoms with Crippen LogP contribution in [-0.4, -0.2) is 30.9 Å². The van der Waals surface area contributed by atoms with Crippen molar-refractivity contribution in [3.63, 3.8) is 0 Å². The van der Waals surface area contributed by atoms with Gasteiger partial charge in [-0.15, -0.1) is 0 Å². The van der Waals surface area contributed by atoms with Crippen LogP contribution >= 0.6 is 22.6 Å². The number of methoxy groups -OCH3 is 1. The maximum atomic E-state index is 12.0. The van der Waals surface area contributed by atoms with E-state index in [1.54, 1.807) is 6.08 Å². The summed E-state index contributed by atoms with van der Waals surface area (Å²) < 4.78 is 13.1. The van der Waals surface area contributed by atoms with Gasteiger partial charge in [0.05, 0.1) is 6.61 Å². The third-order valence-corrected chi connectivity index (χ3v) is 4.44. The van der Waals surface area contributed by atoms with Gasteiger partial charge in [-0.1, -0.05) is 0 Å². The lowest BCUT2D eigenvalue weighted by atomic mass is 10.1. The fraction of sp³-hybridized carbons (Fsp3) is 0.263. The zero-order valence-corrected chi connectivity index (χ0v) is 16.5. The van der Waals surface area contributed by atoms with Crippen molar-refractivity contribution in [2.75, 3.05) is 20.3 Å². The van der Waals surface area contributed by atoms with Gasteiger partial charge in [-0.3, -0.25) is 0 Å². The zero-order chi connectivity index (χ0) is 18.4. The number of hydrogen-bond acceptors (Lipinski definition) is 4. The molecular formula is C19H19IN2O3. The predicted molar refractivity (Wildman–Crippen MR) is 104 cm³/mol. The lowest BCUT2D eigenvalue weighted by molar-refractivity contribution is -0.139. The van der Waals surface area contributed by atoms with Crippen molar-refractivity contribution in [2.24, 2.45) is 0 Å². The average molecular weight is 450 g/mol. The minimum Gasteiger partial charge on any atom is -0.459 e. The third-order valence-electron chi connectivity index (χ3n) is 3.72. The van der Waals surface area contributed by atoms with Gasteiger partial charge < -0.3 is 14.0 Å². The number of halogens is 1. The highest BCUT2D eigenvalue weighted by Crippen LogP contribution is 2.23.